The maximum Gasteiger partial charge on any atom is 0.336 e. The van der Waals surface area contributed by atoms with Gasteiger partial charge in [-0.3, -0.25) is 10.1 Å². The molecule has 0 radical (unpaired) electrons. The minimum Gasteiger partial charge on any atom is -0.478 e. The third-order valence-electron chi connectivity index (χ3n) is 3.05. The SMILES string of the molecule is Cc1ccc([N+](=O)[O-])c(C(=Cc2ccc(Br)cc2)C(=O)O)c1. The Kier molecular flexibility index (Phi) is 4.72. The van der Waals surface area contributed by atoms with E-state index in [-0.39, 0.29) is 16.8 Å². The van der Waals surface area contributed by atoms with Gasteiger partial charge >= 0.3 is 5.97 Å². The summed E-state index contributed by atoms with van der Waals surface area (Å²) in [5, 5.41) is 20.6. The summed E-state index contributed by atoms with van der Waals surface area (Å²) in [6.45, 7) is 1.76. The van der Waals surface area contributed by atoms with Gasteiger partial charge in [0.15, 0.2) is 0 Å². The number of halogens is 1. The van der Waals surface area contributed by atoms with Crippen molar-refractivity contribution in [2.75, 3.05) is 0 Å². The highest BCUT2D eigenvalue weighted by molar-refractivity contribution is 9.10. The van der Waals surface area contributed by atoms with Gasteiger partial charge in [0.25, 0.3) is 5.69 Å². The number of nitrogens with zero attached hydrogens (tertiary/aromatic N) is 1. The van der Waals surface area contributed by atoms with Gasteiger partial charge in [-0.2, -0.15) is 0 Å². The second-order valence-electron chi connectivity index (χ2n) is 4.69. The molecule has 0 spiro atoms. The minimum absolute atomic E-state index is 0.0976. The average molecular weight is 362 g/mol. The molecule has 2 aromatic carbocycles. The van der Waals surface area contributed by atoms with Gasteiger partial charge in [0.2, 0.25) is 0 Å². The molecule has 0 saturated carbocycles. The van der Waals surface area contributed by atoms with Crippen molar-refractivity contribution in [3.05, 3.63) is 73.7 Å². The number of nitro benzene ring substituents is 1. The van der Waals surface area contributed by atoms with E-state index < -0.39 is 10.9 Å². The molecule has 0 aliphatic heterocycles. The maximum atomic E-state index is 11.6. The predicted octanol–water partition coefficient (Wildman–Crippen LogP) is 4.29. The van der Waals surface area contributed by atoms with Crippen LogP contribution >= 0.6 is 15.9 Å². The quantitative estimate of drug-likeness (QED) is 0.381. The molecule has 0 aromatic heterocycles. The van der Waals surface area contributed by atoms with Crippen molar-refractivity contribution in [2.24, 2.45) is 0 Å². The summed E-state index contributed by atoms with van der Waals surface area (Å²) in [5.41, 5.74) is 1.16. The van der Waals surface area contributed by atoms with Crippen LogP contribution in [0.1, 0.15) is 16.7 Å². The molecule has 0 aliphatic carbocycles. The maximum absolute atomic E-state index is 11.6. The van der Waals surface area contributed by atoms with E-state index in [9.17, 15) is 20.0 Å². The Labute approximate surface area is 135 Å². The van der Waals surface area contributed by atoms with E-state index in [0.29, 0.717) is 5.56 Å². The number of benzene rings is 2. The molecule has 22 heavy (non-hydrogen) atoms. The van der Waals surface area contributed by atoms with E-state index in [1.165, 1.54) is 18.2 Å². The number of hydrogen-bond donors (Lipinski definition) is 1. The van der Waals surface area contributed by atoms with Crippen LogP contribution in [0.25, 0.3) is 11.6 Å². The van der Waals surface area contributed by atoms with Crippen LogP contribution in [0.5, 0.6) is 0 Å². The Morgan fingerprint density at radius 2 is 1.86 bits per heavy atom. The summed E-state index contributed by atoms with van der Waals surface area (Å²) in [7, 11) is 0. The van der Waals surface area contributed by atoms with Crippen LogP contribution in [-0.2, 0) is 4.79 Å². The van der Waals surface area contributed by atoms with E-state index in [4.69, 9.17) is 0 Å². The lowest BCUT2D eigenvalue weighted by Crippen LogP contribution is -2.03. The molecule has 112 valence electrons. The molecule has 1 N–H and O–H groups in total. The zero-order valence-corrected chi connectivity index (χ0v) is 13.2. The first kappa shape index (κ1) is 15.9. The third kappa shape index (κ3) is 3.59. The lowest BCUT2D eigenvalue weighted by atomic mass is 9.99. The number of carboxylic acid groups (broad SMARTS) is 1. The molecule has 0 atom stereocenters. The van der Waals surface area contributed by atoms with Crippen molar-refractivity contribution < 1.29 is 14.8 Å². The molecule has 0 bridgehead atoms. The molecular weight excluding hydrogens is 350 g/mol. The fourth-order valence-corrected chi connectivity index (χ4v) is 2.27. The highest BCUT2D eigenvalue weighted by Gasteiger charge is 2.21. The first-order valence-corrected chi connectivity index (χ1v) is 7.14. The van der Waals surface area contributed by atoms with Crippen LogP contribution in [-0.4, -0.2) is 16.0 Å². The van der Waals surface area contributed by atoms with Crippen molar-refractivity contribution in [3.8, 4) is 0 Å². The topological polar surface area (TPSA) is 80.4 Å². The lowest BCUT2D eigenvalue weighted by molar-refractivity contribution is -0.385. The molecule has 0 fully saturated rings. The van der Waals surface area contributed by atoms with E-state index >= 15 is 0 Å². The molecular formula is C16H12BrNO4. The Balaban J connectivity index is 2.62. The Bertz CT molecular complexity index is 766. The summed E-state index contributed by atoms with van der Waals surface area (Å²) in [4.78, 5) is 22.1. The van der Waals surface area contributed by atoms with Gasteiger partial charge in [0.1, 0.15) is 0 Å². The summed E-state index contributed by atoms with van der Waals surface area (Å²) in [5.74, 6) is -1.21. The second-order valence-corrected chi connectivity index (χ2v) is 5.61. The lowest BCUT2D eigenvalue weighted by Gasteiger charge is -2.06. The van der Waals surface area contributed by atoms with Crippen LogP contribution in [0.2, 0.25) is 0 Å². The number of hydrogen-bond acceptors (Lipinski definition) is 3. The van der Waals surface area contributed by atoms with Crippen LogP contribution < -0.4 is 0 Å². The van der Waals surface area contributed by atoms with E-state index in [1.54, 1.807) is 37.3 Å². The largest absolute Gasteiger partial charge is 0.478 e. The first-order valence-electron chi connectivity index (χ1n) is 6.34. The molecule has 0 amide bonds. The van der Waals surface area contributed by atoms with Gasteiger partial charge in [0, 0.05) is 10.5 Å². The van der Waals surface area contributed by atoms with Crippen LogP contribution in [0.3, 0.4) is 0 Å². The van der Waals surface area contributed by atoms with Crippen LogP contribution in [0, 0.1) is 17.0 Å². The van der Waals surface area contributed by atoms with Crippen LogP contribution in [0.15, 0.2) is 46.9 Å². The molecule has 0 unspecified atom stereocenters. The van der Waals surface area contributed by atoms with Gasteiger partial charge < -0.3 is 5.11 Å². The molecule has 0 heterocycles. The number of aliphatic carboxylic acids is 1. The summed E-state index contributed by atoms with van der Waals surface area (Å²) < 4.78 is 0.864. The van der Waals surface area contributed by atoms with Gasteiger partial charge in [-0.1, -0.05) is 39.7 Å². The smallest absolute Gasteiger partial charge is 0.336 e. The van der Waals surface area contributed by atoms with Gasteiger partial charge in [-0.05, 0) is 36.8 Å². The highest BCUT2D eigenvalue weighted by Crippen LogP contribution is 2.29. The minimum atomic E-state index is -1.21. The molecule has 0 saturated heterocycles. The summed E-state index contributed by atoms with van der Waals surface area (Å²) in [6.07, 6.45) is 1.43. The van der Waals surface area contributed by atoms with Crippen molar-refractivity contribution in [1.29, 1.82) is 0 Å². The van der Waals surface area contributed by atoms with Crippen molar-refractivity contribution in [2.45, 2.75) is 6.92 Å². The molecule has 5 nitrogen and oxygen atoms in total. The number of aryl methyl sites for hydroxylation is 1. The van der Waals surface area contributed by atoms with Gasteiger partial charge in [0.05, 0.1) is 16.1 Å². The molecule has 6 heteroatoms. The molecule has 2 aromatic rings. The fourth-order valence-electron chi connectivity index (χ4n) is 2.01. The number of nitro groups is 1. The van der Waals surface area contributed by atoms with E-state index in [1.807, 2.05) is 0 Å². The Morgan fingerprint density at radius 3 is 2.41 bits per heavy atom. The molecule has 0 aliphatic rings. The van der Waals surface area contributed by atoms with Gasteiger partial charge in [-0.25, -0.2) is 4.79 Å². The summed E-state index contributed by atoms with van der Waals surface area (Å²) >= 11 is 3.30. The first-order chi connectivity index (χ1) is 10.4. The van der Waals surface area contributed by atoms with Crippen molar-refractivity contribution in [3.63, 3.8) is 0 Å². The zero-order chi connectivity index (χ0) is 16.3. The molecule has 2 rings (SSSR count). The standard InChI is InChI=1S/C16H12BrNO4/c1-10-2-7-15(18(21)22)13(8-10)14(16(19)20)9-11-3-5-12(17)6-4-11/h2-9H,1H3,(H,19,20). The van der Waals surface area contributed by atoms with Gasteiger partial charge in [-0.15, -0.1) is 0 Å². The third-order valence-corrected chi connectivity index (χ3v) is 3.58. The van der Waals surface area contributed by atoms with Crippen molar-refractivity contribution in [1.82, 2.24) is 0 Å². The average Bonchev–Trinajstić information content (AvgIpc) is 2.45. The zero-order valence-electron chi connectivity index (χ0n) is 11.6. The second kappa shape index (κ2) is 6.53. The fraction of sp³-hybridized carbons (Fsp3) is 0.0625. The number of carboxylic acids is 1. The van der Waals surface area contributed by atoms with Crippen LogP contribution in [0.4, 0.5) is 5.69 Å². The van der Waals surface area contributed by atoms with E-state index in [2.05, 4.69) is 15.9 Å². The monoisotopic (exact) mass is 361 g/mol. The van der Waals surface area contributed by atoms with E-state index in [0.717, 1.165) is 10.0 Å². The Morgan fingerprint density at radius 1 is 1.23 bits per heavy atom. The van der Waals surface area contributed by atoms with Crippen molar-refractivity contribution >= 4 is 39.2 Å². The predicted molar refractivity (Wildman–Crippen MR) is 87.5 cm³/mol. The number of rotatable bonds is 4. The summed E-state index contributed by atoms with van der Waals surface area (Å²) in [6, 6.07) is 11.4. The number of carbonyl (C=O) groups is 1. The Hall–Kier alpha value is -2.47. The highest BCUT2D eigenvalue weighted by atomic mass is 79.9. The normalized spacial score (nSPS) is 11.3.